The van der Waals surface area contributed by atoms with Gasteiger partial charge < -0.3 is 5.11 Å². The third-order valence-electron chi connectivity index (χ3n) is 2.78. The van der Waals surface area contributed by atoms with Crippen LogP contribution in [0.1, 0.15) is 21.5 Å². The van der Waals surface area contributed by atoms with E-state index >= 15 is 0 Å². The SMILES string of the molecule is N#Cc1cccc(CS(=O)c2ccc(Br)c(C(=O)O)c2)c1. The number of carboxylic acids is 1. The van der Waals surface area contributed by atoms with Crippen LogP contribution in [0.2, 0.25) is 0 Å². The summed E-state index contributed by atoms with van der Waals surface area (Å²) in [5, 5.41) is 17.9. The van der Waals surface area contributed by atoms with Crippen LogP contribution in [0.15, 0.2) is 51.8 Å². The van der Waals surface area contributed by atoms with E-state index < -0.39 is 16.8 Å². The van der Waals surface area contributed by atoms with Gasteiger partial charge in [0.25, 0.3) is 0 Å². The number of nitrogens with zero attached hydrogens (tertiary/aromatic N) is 1. The van der Waals surface area contributed by atoms with Crippen molar-refractivity contribution in [3.05, 3.63) is 63.6 Å². The second kappa shape index (κ2) is 6.66. The van der Waals surface area contributed by atoms with E-state index in [1.54, 1.807) is 36.4 Å². The van der Waals surface area contributed by atoms with Crippen LogP contribution in [0.3, 0.4) is 0 Å². The van der Waals surface area contributed by atoms with Crippen LogP contribution in [0.4, 0.5) is 0 Å². The molecule has 0 fully saturated rings. The Morgan fingerprint density at radius 2 is 2.05 bits per heavy atom. The van der Waals surface area contributed by atoms with Gasteiger partial charge in [0.05, 0.1) is 33.7 Å². The average Bonchev–Trinajstić information content (AvgIpc) is 2.47. The van der Waals surface area contributed by atoms with E-state index in [1.165, 1.54) is 6.07 Å². The summed E-state index contributed by atoms with van der Waals surface area (Å²) in [6.45, 7) is 0. The van der Waals surface area contributed by atoms with E-state index in [0.717, 1.165) is 5.56 Å². The predicted molar refractivity (Wildman–Crippen MR) is 82.4 cm³/mol. The Bertz CT molecular complexity index is 768. The Kier molecular flexibility index (Phi) is 4.89. The summed E-state index contributed by atoms with van der Waals surface area (Å²) in [6, 6.07) is 13.5. The predicted octanol–water partition coefficient (Wildman–Crippen LogP) is 3.33. The van der Waals surface area contributed by atoms with Gasteiger partial charge in [0.15, 0.2) is 0 Å². The number of carboxylic acid groups (broad SMARTS) is 1. The van der Waals surface area contributed by atoms with Gasteiger partial charge in [-0.2, -0.15) is 5.26 Å². The highest BCUT2D eigenvalue weighted by molar-refractivity contribution is 9.10. The summed E-state index contributed by atoms with van der Waals surface area (Å²) < 4.78 is 12.8. The largest absolute Gasteiger partial charge is 0.478 e. The molecule has 0 aliphatic rings. The topological polar surface area (TPSA) is 78.2 Å². The lowest BCUT2D eigenvalue weighted by molar-refractivity contribution is 0.0695. The maximum Gasteiger partial charge on any atom is 0.336 e. The molecule has 21 heavy (non-hydrogen) atoms. The molecule has 2 rings (SSSR count). The highest BCUT2D eigenvalue weighted by atomic mass is 79.9. The molecule has 0 amide bonds. The van der Waals surface area contributed by atoms with E-state index in [0.29, 0.717) is 14.9 Å². The summed E-state index contributed by atoms with van der Waals surface area (Å²) in [5.41, 5.74) is 1.35. The van der Waals surface area contributed by atoms with E-state index in [2.05, 4.69) is 15.9 Å². The Labute approximate surface area is 132 Å². The Morgan fingerprint density at radius 1 is 1.29 bits per heavy atom. The minimum Gasteiger partial charge on any atom is -0.478 e. The van der Waals surface area contributed by atoms with Crippen molar-refractivity contribution in [1.82, 2.24) is 0 Å². The number of nitriles is 1. The summed E-state index contributed by atoms with van der Waals surface area (Å²) in [7, 11) is -1.37. The third kappa shape index (κ3) is 3.78. The maximum absolute atomic E-state index is 12.3. The fourth-order valence-corrected chi connectivity index (χ4v) is 3.31. The Balaban J connectivity index is 2.26. The molecule has 1 atom stereocenters. The molecule has 0 bridgehead atoms. The quantitative estimate of drug-likeness (QED) is 0.903. The van der Waals surface area contributed by atoms with Gasteiger partial charge in [-0.05, 0) is 51.8 Å². The molecule has 106 valence electrons. The van der Waals surface area contributed by atoms with Crippen LogP contribution >= 0.6 is 15.9 Å². The molecule has 0 saturated carbocycles. The number of hydrogen-bond donors (Lipinski definition) is 1. The first-order valence-electron chi connectivity index (χ1n) is 5.91. The molecule has 1 N–H and O–H groups in total. The molecule has 4 nitrogen and oxygen atoms in total. The minimum atomic E-state index is -1.37. The first-order valence-corrected chi connectivity index (χ1v) is 8.02. The van der Waals surface area contributed by atoms with Gasteiger partial charge >= 0.3 is 5.97 Å². The number of rotatable bonds is 4. The van der Waals surface area contributed by atoms with Gasteiger partial charge in [0.2, 0.25) is 0 Å². The number of aromatic carboxylic acids is 1. The average molecular weight is 364 g/mol. The third-order valence-corrected chi connectivity index (χ3v) is 4.85. The Morgan fingerprint density at radius 3 is 2.71 bits per heavy atom. The van der Waals surface area contributed by atoms with Crippen molar-refractivity contribution >= 4 is 32.7 Å². The number of halogens is 1. The lowest BCUT2D eigenvalue weighted by Gasteiger charge is -2.06. The molecule has 2 aromatic carbocycles. The summed E-state index contributed by atoms with van der Waals surface area (Å²) >= 11 is 3.15. The smallest absolute Gasteiger partial charge is 0.336 e. The van der Waals surface area contributed by atoms with E-state index in [-0.39, 0.29) is 11.3 Å². The second-order valence-corrected chi connectivity index (χ2v) is 6.55. The van der Waals surface area contributed by atoms with Crippen molar-refractivity contribution in [2.45, 2.75) is 10.6 Å². The lowest BCUT2D eigenvalue weighted by atomic mass is 10.2. The van der Waals surface area contributed by atoms with Crippen molar-refractivity contribution in [2.24, 2.45) is 0 Å². The number of hydrogen-bond acceptors (Lipinski definition) is 3. The zero-order valence-electron chi connectivity index (χ0n) is 10.7. The van der Waals surface area contributed by atoms with Gasteiger partial charge in [-0.25, -0.2) is 4.79 Å². The van der Waals surface area contributed by atoms with E-state index in [4.69, 9.17) is 10.4 Å². The molecule has 0 radical (unpaired) electrons. The van der Waals surface area contributed by atoms with Crippen molar-refractivity contribution in [3.63, 3.8) is 0 Å². The molecular formula is C15H10BrNO3S. The molecule has 0 spiro atoms. The van der Waals surface area contributed by atoms with Crippen molar-refractivity contribution in [1.29, 1.82) is 5.26 Å². The monoisotopic (exact) mass is 363 g/mol. The Hall–Kier alpha value is -1.97. The molecule has 0 aliphatic heterocycles. The molecule has 1 unspecified atom stereocenters. The van der Waals surface area contributed by atoms with Crippen molar-refractivity contribution in [2.75, 3.05) is 0 Å². The normalized spacial score (nSPS) is 11.6. The molecule has 0 aromatic heterocycles. The summed E-state index contributed by atoms with van der Waals surface area (Å²) in [6.07, 6.45) is 0. The number of carbonyl (C=O) groups is 1. The summed E-state index contributed by atoms with van der Waals surface area (Å²) in [5.74, 6) is -0.844. The highest BCUT2D eigenvalue weighted by Gasteiger charge is 2.13. The van der Waals surface area contributed by atoms with E-state index in [9.17, 15) is 9.00 Å². The standard InChI is InChI=1S/C15H10BrNO3S/c16-14-5-4-12(7-13(14)15(18)19)21(20)9-11-3-1-2-10(6-11)8-17/h1-7H,9H2,(H,18,19). The first-order chi connectivity index (χ1) is 10.0. The molecular weight excluding hydrogens is 354 g/mol. The van der Waals surface area contributed by atoms with Gasteiger partial charge in [-0.15, -0.1) is 0 Å². The van der Waals surface area contributed by atoms with Crippen LogP contribution in [-0.2, 0) is 16.6 Å². The fourth-order valence-electron chi connectivity index (χ4n) is 1.78. The van der Waals surface area contributed by atoms with Crippen LogP contribution in [0.5, 0.6) is 0 Å². The molecule has 0 heterocycles. The zero-order valence-corrected chi connectivity index (χ0v) is 13.1. The molecule has 2 aromatic rings. The zero-order chi connectivity index (χ0) is 15.4. The molecule has 0 aliphatic carbocycles. The lowest BCUT2D eigenvalue weighted by Crippen LogP contribution is -2.02. The van der Waals surface area contributed by atoms with Crippen LogP contribution < -0.4 is 0 Å². The van der Waals surface area contributed by atoms with Gasteiger partial charge in [0, 0.05) is 9.37 Å². The fraction of sp³-hybridized carbons (Fsp3) is 0.0667. The van der Waals surface area contributed by atoms with Crippen molar-refractivity contribution < 1.29 is 14.1 Å². The van der Waals surface area contributed by atoms with Crippen LogP contribution in [-0.4, -0.2) is 15.3 Å². The van der Waals surface area contributed by atoms with Crippen molar-refractivity contribution in [3.8, 4) is 6.07 Å². The van der Waals surface area contributed by atoms with Gasteiger partial charge in [-0.3, -0.25) is 4.21 Å². The maximum atomic E-state index is 12.3. The van der Waals surface area contributed by atoms with Crippen LogP contribution in [0, 0.1) is 11.3 Å². The number of benzene rings is 2. The van der Waals surface area contributed by atoms with Crippen LogP contribution in [0.25, 0.3) is 0 Å². The molecule has 0 saturated heterocycles. The van der Waals surface area contributed by atoms with E-state index in [1.807, 2.05) is 6.07 Å². The highest BCUT2D eigenvalue weighted by Crippen LogP contribution is 2.22. The summed E-state index contributed by atoms with van der Waals surface area (Å²) in [4.78, 5) is 11.5. The van der Waals surface area contributed by atoms with Gasteiger partial charge in [0.1, 0.15) is 0 Å². The second-order valence-electron chi connectivity index (χ2n) is 4.25. The van der Waals surface area contributed by atoms with Gasteiger partial charge in [-0.1, -0.05) is 12.1 Å². The first kappa shape index (κ1) is 15.4. The molecule has 6 heteroatoms. The minimum absolute atomic E-state index is 0.0756.